The summed E-state index contributed by atoms with van der Waals surface area (Å²) in [4.78, 5) is 13.7. The second-order valence-corrected chi connectivity index (χ2v) is 7.29. The van der Waals surface area contributed by atoms with Gasteiger partial charge in [-0.2, -0.15) is 4.98 Å². The van der Waals surface area contributed by atoms with E-state index in [0.29, 0.717) is 12.5 Å². The third-order valence-corrected chi connectivity index (χ3v) is 5.09. The van der Waals surface area contributed by atoms with Crippen molar-refractivity contribution in [2.75, 3.05) is 17.2 Å². The standard InChI is InChI=1S/C24H27N5/c1-3-9-19(10-4-1)14-16-26-23-17-22(20-11-5-2-6-12-20)28-24(29-23)27-18-21-13-7-8-15-25-21/h2,5-9,11-13,15,17H,1,3-4,10,14,16,18H2,(H2,26,27,28,29). The predicted molar refractivity (Wildman–Crippen MR) is 119 cm³/mol. The lowest BCUT2D eigenvalue weighted by Gasteiger charge is -2.14. The molecule has 0 saturated carbocycles. The summed E-state index contributed by atoms with van der Waals surface area (Å²) >= 11 is 0. The summed E-state index contributed by atoms with van der Waals surface area (Å²) in [5.74, 6) is 1.45. The van der Waals surface area contributed by atoms with Crippen molar-refractivity contribution in [2.45, 2.75) is 38.6 Å². The van der Waals surface area contributed by atoms with Crippen LogP contribution in [0.25, 0.3) is 11.3 Å². The van der Waals surface area contributed by atoms with E-state index < -0.39 is 0 Å². The van der Waals surface area contributed by atoms with E-state index in [-0.39, 0.29) is 0 Å². The van der Waals surface area contributed by atoms with Crippen LogP contribution in [0.15, 0.2) is 72.4 Å². The van der Waals surface area contributed by atoms with Gasteiger partial charge in [0.2, 0.25) is 5.95 Å². The van der Waals surface area contributed by atoms with Crippen molar-refractivity contribution in [3.63, 3.8) is 0 Å². The maximum absolute atomic E-state index is 4.72. The van der Waals surface area contributed by atoms with Crippen LogP contribution in [0.3, 0.4) is 0 Å². The Hall–Kier alpha value is -3.21. The van der Waals surface area contributed by atoms with Crippen molar-refractivity contribution in [1.82, 2.24) is 15.0 Å². The third kappa shape index (κ3) is 5.64. The third-order valence-electron chi connectivity index (χ3n) is 5.09. The van der Waals surface area contributed by atoms with Gasteiger partial charge >= 0.3 is 0 Å². The smallest absolute Gasteiger partial charge is 0.225 e. The number of anilines is 2. The Morgan fingerprint density at radius 2 is 1.79 bits per heavy atom. The average Bonchev–Trinajstić information content (AvgIpc) is 2.80. The lowest BCUT2D eigenvalue weighted by molar-refractivity contribution is 0.679. The van der Waals surface area contributed by atoms with E-state index in [4.69, 9.17) is 4.98 Å². The molecule has 5 nitrogen and oxygen atoms in total. The number of hydrogen-bond donors (Lipinski definition) is 2. The SMILES string of the molecule is C1=C(CCNc2cc(-c3ccccc3)nc(NCc3ccccn3)n2)CCCC1. The first-order valence-electron chi connectivity index (χ1n) is 10.4. The quantitative estimate of drug-likeness (QED) is 0.505. The fourth-order valence-corrected chi connectivity index (χ4v) is 3.53. The molecule has 1 aliphatic rings. The second kappa shape index (κ2) is 9.82. The molecule has 1 aromatic carbocycles. The highest BCUT2D eigenvalue weighted by molar-refractivity contribution is 5.64. The van der Waals surface area contributed by atoms with E-state index >= 15 is 0 Å². The van der Waals surface area contributed by atoms with Crippen LogP contribution in [0, 0.1) is 0 Å². The van der Waals surface area contributed by atoms with Gasteiger partial charge in [-0.3, -0.25) is 4.98 Å². The summed E-state index contributed by atoms with van der Waals surface area (Å²) in [5, 5.41) is 6.81. The number of aromatic nitrogens is 3. The molecule has 1 aliphatic carbocycles. The van der Waals surface area contributed by atoms with Gasteiger partial charge in [-0.15, -0.1) is 0 Å². The Bertz CT molecular complexity index is 938. The summed E-state index contributed by atoms with van der Waals surface area (Å²) < 4.78 is 0. The van der Waals surface area contributed by atoms with E-state index in [0.717, 1.165) is 35.7 Å². The molecule has 0 bridgehead atoms. The van der Waals surface area contributed by atoms with E-state index in [1.165, 1.54) is 25.7 Å². The van der Waals surface area contributed by atoms with Gasteiger partial charge in [-0.1, -0.05) is 48.0 Å². The topological polar surface area (TPSA) is 62.7 Å². The fraction of sp³-hybridized carbons (Fsp3) is 0.292. The van der Waals surface area contributed by atoms with Crippen LogP contribution in [0.4, 0.5) is 11.8 Å². The molecule has 4 rings (SSSR count). The first kappa shape index (κ1) is 19.1. The number of hydrogen-bond acceptors (Lipinski definition) is 5. The summed E-state index contributed by atoms with van der Waals surface area (Å²) in [6, 6.07) is 18.1. The van der Waals surface area contributed by atoms with E-state index in [1.807, 2.05) is 42.5 Å². The molecule has 2 N–H and O–H groups in total. The van der Waals surface area contributed by atoms with E-state index in [1.54, 1.807) is 11.8 Å². The molecule has 0 radical (unpaired) electrons. The molecular formula is C24H27N5. The van der Waals surface area contributed by atoms with Gasteiger partial charge in [-0.05, 0) is 44.2 Å². The van der Waals surface area contributed by atoms with Gasteiger partial charge in [-0.25, -0.2) is 4.98 Å². The van der Waals surface area contributed by atoms with Crippen molar-refractivity contribution in [3.8, 4) is 11.3 Å². The van der Waals surface area contributed by atoms with Crippen LogP contribution in [-0.2, 0) is 6.54 Å². The maximum Gasteiger partial charge on any atom is 0.225 e. The number of nitrogens with zero attached hydrogens (tertiary/aromatic N) is 3. The fourth-order valence-electron chi connectivity index (χ4n) is 3.53. The maximum atomic E-state index is 4.72. The molecule has 0 unspecified atom stereocenters. The van der Waals surface area contributed by atoms with E-state index in [2.05, 4.69) is 38.8 Å². The summed E-state index contributed by atoms with van der Waals surface area (Å²) in [6.07, 6.45) is 10.4. The Balaban J connectivity index is 1.48. The van der Waals surface area contributed by atoms with Crippen molar-refractivity contribution in [2.24, 2.45) is 0 Å². The average molecular weight is 386 g/mol. The minimum atomic E-state index is 0.589. The van der Waals surface area contributed by atoms with Gasteiger partial charge in [0.25, 0.3) is 0 Å². The Morgan fingerprint density at radius 1 is 0.897 bits per heavy atom. The molecule has 0 spiro atoms. The van der Waals surface area contributed by atoms with Crippen molar-refractivity contribution in [3.05, 3.63) is 78.1 Å². The van der Waals surface area contributed by atoms with Gasteiger partial charge in [0.15, 0.2) is 0 Å². The van der Waals surface area contributed by atoms with Crippen LogP contribution in [0.1, 0.15) is 37.8 Å². The predicted octanol–water partition coefficient (Wildman–Crippen LogP) is 5.45. The second-order valence-electron chi connectivity index (χ2n) is 7.29. The normalized spacial score (nSPS) is 13.6. The Labute approximate surface area is 172 Å². The molecule has 0 fully saturated rings. The molecule has 5 heteroatoms. The van der Waals surface area contributed by atoms with Crippen LogP contribution in [0.2, 0.25) is 0 Å². The van der Waals surface area contributed by atoms with Crippen LogP contribution in [-0.4, -0.2) is 21.5 Å². The summed E-state index contributed by atoms with van der Waals surface area (Å²) in [7, 11) is 0. The zero-order valence-corrected chi connectivity index (χ0v) is 16.6. The lowest BCUT2D eigenvalue weighted by Crippen LogP contribution is -2.10. The van der Waals surface area contributed by atoms with Crippen LogP contribution in [0.5, 0.6) is 0 Å². The van der Waals surface area contributed by atoms with E-state index in [9.17, 15) is 0 Å². The lowest BCUT2D eigenvalue weighted by atomic mass is 9.97. The minimum Gasteiger partial charge on any atom is -0.370 e. The van der Waals surface area contributed by atoms with Crippen LogP contribution >= 0.6 is 0 Å². The molecular weight excluding hydrogens is 358 g/mol. The van der Waals surface area contributed by atoms with Gasteiger partial charge in [0.05, 0.1) is 17.9 Å². The largest absolute Gasteiger partial charge is 0.370 e. The van der Waals surface area contributed by atoms with Gasteiger partial charge < -0.3 is 10.6 Å². The molecule has 0 saturated heterocycles. The number of rotatable bonds is 8. The molecule has 2 heterocycles. The first-order chi connectivity index (χ1) is 14.4. The van der Waals surface area contributed by atoms with Crippen molar-refractivity contribution < 1.29 is 0 Å². The molecule has 2 aromatic heterocycles. The summed E-state index contributed by atoms with van der Waals surface area (Å²) in [6.45, 7) is 1.47. The zero-order chi connectivity index (χ0) is 19.7. The van der Waals surface area contributed by atoms with Crippen molar-refractivity contribution >= 4 is 11.8 Å². The van der Waals surface area contributed by atoms with Gasteiger partial charge in [0.1, 0.15) is 5.82 Å². The number of nitrogens with one attached hydrogen (secondary N) is 2. The highest BCUT2D eigenvalue weighted by atomic mass is 15.1. The number of pyridine rings is 1. The minimum absolute atomic E-state index is 0.589. The number of allylic oxidation sites excluding steroid dienone is 1. The van der Waals surface area contributed by atoms with Gasteiger partial charge in [0, 0.05) is 24.4 Å². The van der Waals surface area contributed by atoms with Crippen molar-refractivity contribution in [1.29, 1.82) is 0 Å². The zero-order valence-electron chi connectivity index (χ0n) is 16.6. The molecule has 148 valence electrons. The molecule has 0 aliphatic heterocycles. The monoisotopic (exact) mass is 385 g/mol. The Morgan fingerprint density at radius 3 is 2.59 bits per heavy atom. The van der Waals surface area contributed by atoms with Crippen LogP contribution < -0.4 is 10.6 Å². The molecule has 0 amide bonds. The highest BCUT2D eigenvalue weighted by Gasteiger charge is 2.08. The Kier molecular flexibility index (Phi) is 6.48. The first-order valence-corrected chi connectivity index (χ1v) is 10.4. The molecule has 29 heavy (non-hydrogen) atoms. The molecule has 0 atom stereocenters. The number of benzene rings is 1. The molecule has 3 aromatic rings. The highest BCUT2D eigenvalue weighted by Crippen LogP contribution is 2.23. The summed E-state index contributed by atoms with van der Waals surface area (Å²) in [5.41, 5.74) is 4.51.